The quantitative estimate of drug-likeness (QED) is 0.744. The first-order valence-corrected chi connectivity index (χ1v) is 7.59. The zero-order valence-electron chi connectivity index (χ0n) is 13.9. The van der Waals surface area contributed by atoms with Crippen LogP contribution in [0.2, 0.25) is 0 Å². The van der Waals surface area contributed by atoms with Crippen molar-refractivity contribution in [1.82, 2.24) is 4.90 Å². The summed E-state index contributed by atoms with van der Waals surface area (Å²) in [6, 6.07) is 9.70. The third kappa shape index (κ3) is 8.83. The van der Waals surface area contributed by atoms with E-state index >= 15 is 0 Å². The molecule has 0 bridgehead atoms. The Morgan fingerprint density at radius 1 is 1.13 bits per heavy atom. The molecule has 0 fully saturated rings. The predicted molar refractivity (Wildman–Crippen MR) is 86.2 cm³/mol. The first-order valence-electron chi connectivity index (χ1n) is 7.59. The topological polar surface area (TPSA) is 76.1 Å². The number of amides is 1. The molecule has 0 aromatic heterocycles. The van der Waals surface area contributed by atoms with Crippen molar-refractivity contribution in [2.24, 2.45) is 0 Å². The molecule has 23 heavy (non-hydrogen) atoms. The van der Waals surface area contributed by atoms with Gasteiger partial charge in [0, 0.05) is 13.1 Å². The summed E-state index contributed by atoms with van der Waals surface area (Å²) in [7, 11) is 0. The number of aliphatic carboxylic acids is 1. The monoisotopic (exact) mass is 323 g/mol. The van der Waals surface area contributed by atoms with Crippen LogP contribution >= 0.6 is 0 Å². The van der Waals surface area contributed by atoms with E-state index in [-0.39, 0.29) is 19.5 Å². The lowest BCUT2D eigenvalue weighted by atomic mass is 10.2. The second-order valence-electron chi connectivity index (χ2n) is 6.15. The molecule has 6 heteroatoms. The average molecular weight is 323 g/mol. The van der Waals surface area contributed by atoms with Gasteiger partial charge in [0.25, 0.3) is 0 Å². The molecule has 0 saturated heterocycles. The van der Waals surface area contributed by atoms with E-state index in [1.165, 1.54) is 4.90 Å². The molecule has 0 heterocycles. The molecule has 0 aliphatic carbocycles. The maximum absolute atomic E-state index is 12.1. The molecule has 128 valence electrons. The standard InChI is InChI=1S/C17H25NO5/c1-17(2,3)23-16(21)18(10-9-15(19)20)11-12-22-13-14-7-5-4-6-8-14/h4-8H,9-13H2,1-3H3,(H,19,20). The first kappa shape index (κ1) is 19.0. The highest BCUT2D eigenvalue weighted by Gasteiger charge is 2.22. The van der Waals surface area contributed by atoms with Crippen molar-refractivity contribution in [3.63, 3.8) is 0 Å². The number of hydrogen-bond donors (Lipinski definition) is 1. The van der Waals surface area contributed by atoms with Gasteiger partial charge in [-0.2, -0.15) is 0 Å². The van der Waals surface area contributed by atoms with E-state index in [0.29, 0.717) is 13.2 Å². The molecule has 0 unspecified atom stereocenters. The summed E-state index contributed by atoms with van der Waals surface area (Å²) in [5.74, 6) is -0.955. The molecule has 1 amide bonds. The summed E-state index contributed by atoms with van der Waals surface area (Å²) >= 11 is 0. The van der Waals surface area contributed by atoms with Gasteiger partial charge in [0.05, 0.1) is 19.6 Å². The Kier molecular flexibility index (Phi) is 7.54. The van der Waals surface area contributed by atoms with E-state index in [9.17, 15) is 9.59 Å². The van der Waals surface area contributed by atoms with Gasteiger partial charge in [0.2, 0.25) is 0 Å². The third-order valence-corrected chi connectivity index (χ3v) is 2.86. The highest BCUT2D eigenvalue weighted by molar-refractivity contribution is 5.70. The highest BCUT2D eigenvalue weighted by Crippen LogP contribution is 2.10. The highest BCUT2D eigenvalue weighted by atomic mass is 16.6. The summed E-state index contributed by atoms with van der Waals surface area (Å²) < 4.78 is 10.8. The second kappa shape index (κ2) is 9.15. The van der Waals surface area contributed by atoms with Crippen LogP contribution in [0, 0.1) is 0 Å². The lowest BCUT2D eigenvalue weighted by molar-refractivity contribution is -0.137. The number of ether oxygens (including phenoxy) is 2. The number of carboxylic acid groups (broad SMARTS) is 1. The number of carbonyl (C=O) groups excluding carboxylic acids is 1. The van der Waals surface area contributed by atoms with Crippen LogP contribution in [0.15, 0.2) is 30.3 Å². The van der Waals surface area contributed by atoms with Crippen LogP contribution in [0.3, 0.4) is 0 Å². The molecule has 1 N–H and O–H groups in total. The number of rotatable bonds is 8. The Morgan fingerprint density at radius 2 is 1.78 bits per heavy atom. The summed E-state index contributed by atoms with van der Waals surface area (Å²) in [4.78, 5) is 24.2. The lowest BCUT2D eigenvalue weighted by Crippen LogP contribution is -2.39. The number of carboxylic acids is 1. The number of hydrogen-bond acceptors (Lipinski definition) is 4. The summed E-state index contributed by atoms with van der Waals surface area (Å²) in [5.41, 5.74) is 0.422. The Balaban J connectivity index is 2.45. The minimum absolute atomic E-state index is 0.0962. The lowest BCUT2D eigenvalue weighted by Gasteiger charge is -2.27. The van der Waals surface area contributed by atoms with Crippen LogP contribution in [0.4, 0.5) is 4.79 Å². The molecule has 0 atom stereocenters. The van der Waals surface area contributed by atoms with Crippen molar-refractivity contribution in [3.05, 3.63) is 35.9 Å². The van der Waals surface area contributed by atoms with E-state index in [2.05, 4.69) is 0 Å². The van der Waals surface area contributed by atoms with Gasteiger partial charge in [-0.3, -0.25) is 4.79 Å². The number of nitrogens with zero attached hydrogens (tertiary/aromatic N) is 1. The maximum atomic E-state index is 12.1. The Morgan fingerprint density at radius 3 is 2.35 bits per heavy atom. The summed E-state index contributed by atoms with van der Waals surface area (Å²) in [5, 5.41) is 8.79. The van der Waals surface area contributed by atoms with Gasteiger partial charge < -0.3 is 19.5 Å². The van der Waals surface area contributed by atoms with Crippen LogP contribution < -0.4 is 0 Å². The third-order valence-electron chi connectivity index (χ3n) is 2.86. The Bertz CT molecular complexity index is 495. The van der Waals surface area contributed by atoms with Crippen LogP contribution in [0.5, 0.6) is 0 Å². The van der Waals surface area contributed by atoms with Crippen LogP contribution in [0.1, 0.15) is 32.8 Å². The zero-order chi connectivity index (χ0) is 17.3. The molecule has 1 aromatic carbocycles. The van der Waals surface area contributed by atoms with Crippen LogP contribution in [-0.4, -0.2) is 47.4 Å². The molecule has 1 rings (SSSR count). The van der Waals surface area contributed by atoms with Gasteiger partial charge in [-0.25, -0.2) is 4.79 Å². The summed E-state index contributed by atoms with van der Waals surface area (Å²) in [6.45, 7) is 6.45. The van der Waals surface area contributed by atoms with Gasteiger partial charge in [-0.05, 0) is 26.3 Å². The molecule has 1 aromatic rings. The Hall–Kier alpha value is -2.08. The molecule has 0 saturated carbocycles. The SMILES string of the molecule is CC(C)(C)OC(=O)N(CCOCc1ccccc1)CCC(=O)O. The average Bonchev–Trinajstić information content (AvgIpc) is 2.45. The molecular weight excluding hydrogens is 298 g/mol. The largest absolute Gasteiger partial charge is 0.481 e. The number of benzene rings is 1. The van der Waals surface area contributed by atoms with Crippen molar-refractivity contribution in [2.75, 3.05) is 19.7 Å². The van der Waals surface area contributed by atoms with Crippen molar-refractivity contribution in [3.8, 4) is 0 Å². The fourth-order valence-corrected chi connectivity index (χ4v) is 1.79. The fraction of sp³-hybridized carbons (Fsp3) is 0.529. The minimum Gasteiger partial charge on any atom is -0.481 e. The van der Waals surface area contributed by atoms with Gasteiger partial charge >= 0.3 is 12.1 Å². The van der Waals surface area contributed by atoms with E-state index in [0.717, 1.165) is 5.56 Å². The molecule has 0 aliphatic heterocycles. The van der Waals surface area contributed by atoms with Gasteiger partial charge in [0.15, 0.2) is 0 Å². The molecule has 0 spiro atoms. The molecular formula is C17H25NO5. The van der Waals surface area contributed by atoms with E-state index in [4.69, 9.17) is 14.6 Å². The minimum atomic E-state index is -0.955. The van der Waals surface area contributed by atoms with Crippen LogP contribution in [-0.2, 0) is 20.9 Å². The van der Waals surface area contributed by atoms with E-state index in [1.54, 1.807) is 20.8 Å². The van der Waals surface area contributed by atoms with E-state index in [1.807, 2.05) is 30.3 Å². The second-order valence-corrected chi connectivity index (χ2v) is 6.15. The maximum Gasteiger partial charge on any atom is 0.410 e. The van der Waals surface area contributed by atoms with Crippen molar-refractivity contribution in [2.45, 2.75) is 39.4 Å². The Labute approximate surface area is 137 Å². The van der Waals surface area contributed by atoms with Gasteiger partial charge in [-0.15, -0.1) is 0 Å². The summed E-state index contributed by atoms with van der Waals surface area (Å²) in [6.07, 6.45) is -0.653. The molecule has 0 aliphatic rings. The smallest absolute Gasteiger partial charge is 0.410 e. The van der Waals surface area contributed by atoms with Crippen molar-refractivity contribution in [1.29, 1.82) is 0 Å². The van der Waals surface area contributed by atoms with Gasteiger partial charge in [-0.1, -0.05) is 30.3 Å². The zero-order valence-corrected chi connectivity index (χ0v) is 13.9. The van der Waals surface area contributed by atoms with Crippen LogP contribution in [0.25, 0.3) is 0 Å². The molecule has 6 nitrogen and oxygen atoms in total. The normalized spacial score (nSPS) is 11.1. The van der Waals surface area contributed by atoms with Crippen molar-refractivity contribution >= 4 is 12.1 Å². The van der Waals surface area contributed by atoms with E-state index < -0.39 is 17.7 Å². The predicted octanol–water partition coefficient (Wildman–Crippen LogP) is 2.92. The van der Waals surface area contributed by atoms with Crippen molar-refractivity contribution < 1.29 is 24.2 Å². The number of carbonyl (C=O) groups is 2. The first-order chi connectivity index (χ1) is 10.8. The van der Waals surface area contributed by atoms with Gasteiger partial charge in [0.1, 0.15) is 5.60 Å². The molecule has 0 radical (unpaired) electrons. The fourth-order valence-electron chi connectivity index (χ4n) is 1.79.